The van der Waals surface area contributed by atoms with Crippen LogP contribution in [0.1, 0.15) is 64.8 Å². The lowest BCUT2D eigenvalue weighted by Gasteiger charge is -2.32. The number of likely N-dealkylation sites (tertiary alicyclic amines) is 1. The summed E-state index contributed by atoms with van der Waals surface area (Å²) in [5.41, 5.74) is 3.98. The van der Waals surface area contributed by atoms with Crippen molar-refractivity contribution in [3.63, 3.8) is 0 Å². The highest BCUT2D eigenvalue weighted by Gasteiger charge is 2.29. The molecule has 1 saturated heterocycles. The Morgan fingerprint density at radius 2 is 1.65 bits per heavy atom. The first-order valence-electron chi connectivity index (χ1n) is 9.48. The van der Waals surface area contributed by atoms with Crippen molar-refractivity contribution in [3.8, 4) is 0 Å². The molecule has 0 spiro atoms. The van der Waals surface area contributed by atoms with E-state index in [0.717, 1.165) is 35.2 Å². The van der Waals surface area contributed by atoms with Gasteiger partial charge in [-0.2, -0.15) is 5.10 Å². The molecule has 1 saturated carbocycles. The molecule has 0 bridgehead atoms. The zero-order valence-electron chi connectivity index (χ0n) is 15.4. The third kappa shape index (κ3) is 3.43. The van der Waals surface area contributed by atoms with Crippen molar-refractivity contribution in [1.82, 2.24) is 14.7 Å². The molecule has 136 valence electrons. The molecule has 2 fully saturated rings. The SMILES string of the molecule is Cc1cc(C)cc(C(=O)N2CCC(n3nc(C4CC4)ccc3=O)CC2)c1. The number of hydrogen-bond acceptors (Lipinski definition) is 3. The second-order valence-corrected chi connectivity index (χ2v) is 7.72. The molecule has 0 atom stereocenters. The van der Waals surface area contributed by atoms with Gasteiger partial charge in [-0.15, -0.1) is 0 Å². The largest absolute Gasteiger partial charge is 0.338 e. The van der Waals surface area contributed by atoms with Gasteiger partial charge in [-0.1, -0.05) is 17.2 Å². The molecule has 0 N–H and O–H groups in total. The molecule has 1 aliphatic heterocycles. The van der Waals surface area contributed by atoms with Gasteiger partial charge in [-0.25, -0.2) is 4.68 Å². The van der Waals surface area contributed by atoms with Crippen molar-refractivity contribution in [2.24, 2.45) is 0 Å². The van der Waals surface area contributed by atoms with E-state index in [9.17, 15) is 9.59 Å². The van der Waals surface area contributed by atoms with Crippen LogP contribution in [0.25, 0.3) is 0 Å². The topological polar surface area (TPSA) is 55.2 Å². The van der Waals surface area contributed by atoms with E-state index >= 15 is 0 Å². The third-order valence-corrected chi connectivity index (χ3v) is 5.41. The van der Waals surface area contributed by atoms with Gasteiger partial charge in [0.05, 0.1) is 11.7 Å². The Kier molecular flexibility index (Phi) is 4.39. The van der Waals surface area contributed by atoms with Crippen LogP contribution in [-0.4, -0.2) is 33.7 Å². The number of aryl methyl sites for hydroxylation is 2. The molecule has 5 nitrogen and oxygen atoms in total. The van der Waals surface area contributed by atoms with Crippen molar-refractivity contribution >= 4 is 5.91 Å². The van der Waals surface area contributed by atoms with Crippen molar-refractivity contribution in [1.29, 1.82) is 0 Å². The van der Waals surface area contributed by atoms with Gasteiger partial charge in [0.2, 0.25) is 0 Å². The molecule has 1 aliphatic carbocycles. The summed E-state index contributed by atoms with van der Waals surface area (Å²) in [4.78, 5) is 27.0. The van der Waals surface area contributed by atoms with E-state index in [0.29, 0.717) is 19.0 Å². The van der Waals surface area contributed by atoms with E-state index in [-0.39, 0.29) is 17.5 Å². The first kappa shape index (κ1) is 17.0. The van der Waals surface area contributed by atoms with E-state index in [4.69, 9.17) is 0 Å². The van der Waals surface area contributed by atoms with Crippen molar-refractivity contribution in [2.45, 2.75) is 51.5 Å². The average Bonchev–Trinajstić information content (AvgIpc) is 3.46. The summed E-state index contributed by atoms with van der Waals surface area (Å²) < 4.78 is 1.66. The molecule has 0 radical (unpaired) electrons. The van der Waals surface area contributed by atoms with Gasteiger partial charge < -0.3 is 4.90 Å². The summed E-state index contributed by atoms with van der Waals surface area (Å²) in [6.45, 7) is 5.36. The fourth-order valence-electron chi connectivity index (χ4n) is 3.89. The molecule has 0 unspecified atom stereocenters. The van der Waals surface area contributed by atoms with Gasteiger partial charge in [-0.3, -0.25) is 9.59 Å². The molecule has 5 heteroatoms. The molecular formula is C21H25N3O2. The summed E-state index contributed by atoms with van der Waals surface area (Å²) in [5.74, 6) is 0.621. The summed E-state index contributed by atoms with van der Waals surface area (Å²) in [5, 5.41) is 4.61. The molecule has 26 heavy (non-hydrogen) atoms. The lowest BCUT2D eigenvalue weighted by atomic mass is 10.0. The summed E-state index contributed by atoms with van der Waals surface area (Å²) in [6, 6.07) is 9.58. The Morgan fingerprint density at radius 3 is 2.27 bits per heavy atom. The van der Waals surface area contributed by atoms with Gasteiger partial charge in [0.25, 0.3) is 11.5 Å². The zero-order chi connectivity index (χ0) is 18.3. The van der Waals surface area contributed by atoms with Crippen LogP contribution in [0.5, 0.6) is 0 Å². The van der Waals surface area contributed by atoms with E-state index in [1.54, 1.807) is 10.7 Å². The molecule has 4 rings (SSSR count). The molecule has 1 aromatic carbocycles. The fraction of sp³-hybridized carbons (Fsp3) is 0.476. The number of aromatic nitrogens is 2. The highest BCUT2D eigenvalue weighted by atomic mass is 16.2. The smallest absolute Gasteiger partial charge is 0.267 e. The van der Waals surface area contributed by atoms with Crippen LogP contribution in [0.3, 0.4) is 0 Å². The van der Waals surface area contributed by atoms with Crippen LogP contribution in [0.2, 0.25) is 0 Å². The number of rotatable bonds is 3. The Bertz CT molecular complexity index is 870. The number of carbonyl (C=O) groups is 1. The summed E-state index contributed by atoms with van der Waals surface area (Å²) in [7, 11) is 0. The highest BCUT2D eigenvalue weighted by molar-refractivity contribution is 5.94. The first-order chi connectivity index (χ1) is 12.5. The second kappa shape index (κ2) is 6.71. The number of amides is 1. The number of piperidine rings is 1. The Hall–Kier alpha value is -2.43. The minimum atomic E-state index is -0.0338. The van der Waals surface area contributed by atoms with Gasteiger partial charge >= 0.3 is 0 Å². The Labute approximate surface area is 153 Å². The van der Waals surface area contributed by atoms with Crippen LogP contribution in [0.4, 0.5) is 0 Å². The standard InChI is InChI=1S/C21H25N3O2/c1-14-11-15(2)13-17(12-14)21(26)23-9-7-18(8-10-23)24-20(25)6-5-19(22-24)16-3-4-16/h5-6,11-13,16,18H,3-4,7-10H2,1-2H3. The Morgan fingerprint density at radius 1 is 1.00 bits per heavy atom. The molecule has 1 aromatic heterocycles. The lowest BCUT2D eigenvalue weighted by Crippen LogP contribution is -2.41. The fourth-order valence-corrected chi connectivity index (χ4v) is 3.89. The lowest BCUT2D eigenvalue weighted by molar-refractivity contribution is 0.0687. The van der Waals surface area contributed by atoms with Crippen LogP contribution < -0.4 is 5.56 Å². The predicted octanol–water partition coefficient (Wildman–Crippen LogP) is 3.21. The molecule has 1 amide bonds. The quantitative estimate of drug-likeness (QED) is 0.853. The van der Waals surface area contributed by atoms with Crippen LogP contribution in [0.15, 0.2) is 35.1 Å². The molecule has 2 heterocycles. The maximum absolute atomic E-state index is 12.8. The maximum Gasteiger partial charge on any atom is 0.267 e. The first-order valence-corrected chi connectivity index (χ1v) is 9.48. The van der Waals surface area contributed by atoms with Gasteiger partial charge in [0, 0.05) is 30.6 Å². The van der Waals surface area contributed by atoms with Crippen molar-refractivity contribution in [3.05, 3.63) is 63.1 Å². The summed E-state index contributed by atoms with van der Waals surface area (Å²) in [6.07, 6.45) is 3.90. The van der Waals surface area contributed by atoms with E-state index in [1.807, 2.05) is 36.9 Å². The van der Waals surface area contributed by atoms with E-state index in [1.165, 1.54) is 12.8 Å². The normalized spacial score (nSPS) is 18.2. The number of benzene rings is 1. The van der Waals surface area contributed by atoms with Crippen LogP contribution in [0, 0.1) is 13.8 Å². The Balaban J connectivity index is 1.46. The minimum Gasteiger partial charge on any atom is -0.338 e. The van der Waals surface area contributed by atoms with E-state index in [2.05, 4.69) is 11.2 Å². The zero-order valence-corrected chi connectivity index (χ0v) is 15.4. The minimum absolute atomic E-state index is 0.0338. The van der Waals surface area contributed by atoms with Crippen molar-refractivity contribution in [2.75, 3.05) is 13.1 Å². The maximum atomic E-state index is 12.8. The van der Waals surface area contributed by atoms with Gasteiger partial charge in [0.1, 0.15) is 0 Å². The highest BCUT2D eigenvalue weighted by Crippen LogP contribution is 2.38. The monoisotopic (exact) mass is 351 g/mol. The van der Waals surface area contributed by atoms with E-state index < -0.39 is 0 Å². The molecular weight excluding hydrogens is 326 g/mol. The molecule has 2 aromatic rings. The predicted molar refractivity (Wildman–Crippen MR) is 101 cm³/mol. The van der Waals surface area contributed by atoms with Gasteiger partial charge in [-0.05, 0) is 57.7 Å². The molecule has 2 aliphatic rings. The third-order valence-electron chi connectivity index (χ3n) is 5.41. The average molecular weight is 351 g/mol. The van der Waals surface area contributed by atoms with Gasteiger partial charge in [0.15, 0.2) is 0 Å². The summed E-state index contributed by atoms with van der Waals surface area (Å²) >= 11 is 0. The second-order valence-electron chi connectivity index (χ2n) is 7.72. The number of carbonyl (C=O) groups excluding carboxylic acids is 1. The number of hydrogen-bond donors (Lipinski definition) is 0. The van der Waals surface area contributed by atoms with Crippen molar-refractivity contribution < 1.29 is 4.79 Å². The number of nitrogens with zero attached hydrogens (tertiary/aromatic N) is 3. The van der Waals surface area contributed by atoms with Crippen LogP contribution in [-0.2, 0) is 0 Å². The van der Waals surface area contributed by atoms with Crippen LogP contribution >= 0.6 is 0 Å².